The van der Waals surface area contributed by atoms with Gasteiger partial charge in [0.25, 0.3) is 0 Å². The maximum Gasteiger partial charge on any atom is 0.140 e. The van der Waals surface area contributed by atoms with Gasteiger partial charge >= 0.3 is 0 Å². The number of hydrogen-bond acceptors (Lipinski definition) is 5. The summed E-state index contributed by atoms with van der Waals surface area (Å²) in [5.74, 6) is 6.10. The first-order valence-electron chi connectivity index (χ1n) is 6.37. The maximum absolute atomic E-state index is 5.38. The first-order valence-corrected chi connectivity index (χ1v) is 6.37. The molecule has 0 spiro atoms. The summed E-state index contributed by atoms with van der Waals surface area (Å²) in [6.07, 6.45) is 0. The molecule has 0 atom stereocenters. The number of hydrazine groups is 1. The van der Waals surface area contributed by atoms with E-state index in [0.717, 1.165) is 37.7 Å². The molecule has 18 heavy (non-hydrogen) atoms. The lowest BCUT2D eigenvalue weighted by atomic mass is 9.99. The van der Waals surface area contributed by atoms with E-state index in [1.807, 2.05) is 18.2 Å². The highest BCUT2D eigenvalue weighted by Crippen LogP contribution is 2.20. The highest BCUT2D eigenvalue weighted by atomic mass is 15.3. The van der Waals surface area contributed by atoms with Crippen LogP contribution in [0.4, 0.5) is 5.82 Å². The van der Waals surface area contributed by atoms with E-state index < -0.39 is 0 Å². The zero-order valence-electron chi connectivity index (χ0n) is 11.5. The van der Waals surface area contributed by atoms with Crippen LogP contribution in [0.1, 0.15) is 19.5 Å². The predicted octanol–water partition coefficient (Wildman–Crippen LogP) is 0.893. The van der Waals surface area contributed by atoms with Crippen LogP contribution in [-0.2, 0) is 6.54 Å². The molecule has 1 saturated heterocycles. The molecule has 0 aliphatic carbocycles. The van der Waals surface area contributed by atoms with Gasteiger partial charge in [-0.05, 0) is 33.0 Å². The van der Waals surface area contributed by atoms with Crippen LogP contribution in [0, 0.1) is 0 Å². The second-order valence-corrected chi connectivity index (χ2v) is 5.60. The van der Waals surface area contributed by atoms with Crippen molar-refractivity contribution in [1.29, 1.82) is 0 Å². The van der Waals surface area contributed by atoms with Crippen LogP contribution in [0.2, 0.25) is 0 Å². The molecule has 0 aromatic carbocycles. The molecule has 0 radical (unpaired) electrons. The number of likely N-dealkylation sites (N-methyl/N-ethyl adjacent to an activating group) is 1. The number of piperazine rings is 1. The van der Waals surface area contributed by atoms with Gasteiger partial charge in [-0.25, -0.2) is 10.8 Å². The Hall–Kier alpha value is -1.17. The first-order chi connectivity index (χ1) is 8.51. The van der Waals surface area contributed by atoms with Crippen molar-refractivity contribution in [3.63, 3.8) is 0 Å². The summed E-state index contributed by atoms with van der Waals surface area (Å²) in [6, 6.07) is 5.91. The van der Waals surface area contributed by atoms with Crippen molar-refractivity contribution in [2.24, 2.45) is 5.84 Å². The highest BCUT2D eigenvalue weighted by molar-refractivity contribution is 5.33. The Labute approximate surface area is 109 Å². The minimum atomic E-state index is 0.224. The summed E-state index contributed by atoms with van der Waals surface area (Å²) in [7, 11) is 2.19. The molecule has 1 fully saturated rings. The fourth-order valence-electron chi connectivity index (χ4n) is 2.35. The number of pyridine rings is 1. The van der Waals surface area contributed by atoms with E-state index in [2.05, 4.69) is 41.1 Å². The first kappa shape index (κ1) is 13.3. The quantitative estimate of drug-likeness (QED) is 0.615. The van der Waals surface area contributed by atoms with Gasteiger partial charge in [0.15, 0.2) is 0 Å². The Morgan fingerprint density at radius 2 is 2.17 bits per heavy atom. The molecule has 0 bridgehead atoms. The zero-order chi connectivity index (χ0) is 13.2. The summed E-state index contributed by atoms with van der Waals surface area (Å²) in [5.41, 5.74) is 3.88. The normalized spacial score (nSPS) is 20.9. The standard InChI is InChI=1S/C13H23N5/c1-13(2)10-18(8-7-17(13)3)9-11-5-4-6-12(15-11)16-14/h4-6H,7-10,14H2,1-3H3,(H,15,16). The van der Waals surface area contributed by atoms with Crippen LogP contribution < -0.4 is 11.3 Å². The van der Waals surface area contributed by atoms with E-state index in [1.165, 1.54) is 0 Å². The summed E-state index contributed by atoms with van der Waals surface area (Å²) in [6.45, 7) is 8.69. The van der Waals surface area contributed by atoms with Crippen molar-refractivity contribution < 1.29 is 0 Å². The summed E-state index contributed by atoms with van der Waals surface area (Å²) in [5, 5.41) is 0. The fourth-order valence-corrected chi connectivity index (χ4v) is 2.35. The molecule has 3 N–H and O–H groups in total. The van der Waals surface area contributed by atoms with Crippen molar-refractivity contribution in [2.75, 3.05) is 32.1 Å². The van der Waals surface area contributed by atoms with Gasteiger partial charge in [-0.3, -0.25) is 9.80 Å². The highest BCUT2D eigenvalue weighted by Gasteiger charge is 2.30. The molecule has 0 amide bonds. The van der Waals surface area contributed by atoms with Gasteiger partial charge in [0.2, 0.25) is 0 Å². The SMILES string of the molecule is CN1CCN(Cc2cccc(NN)n2)CC1(C)C. The largest absolute Gasteiger partial charge is 0.308 e. The Balaban J connectivity index is 2.01. The number of rotatable bonds is 3. The van der Waals surface area contributed by atoms with E-state index in [1.54, 1.807) is 0 Å². The van der Waals surface area contributed by atoms with Crippen molar-refractivity contribution in [2.45, 2.75) is 25.9 Å². The molecule has 5 nitrogen and oxygen atoms in total. The lowest BCUT2D eigenvalue weighted by Gasteiger charge is -2.45. The van der Waals surface area contributed by atoms with Gasteiger partial charge in [0, 0.05) is 31.7 Å². The van der Waals surface area contributed by atoms with Gasteiger partial charge in [-0.2, -0.15) is 0 Å². The second-order valence-electron chi connectivity index (χ2n) is 5.60. The topological polar surface area (TPSA) is 57.4 Å². The van der Waals surface area contributed by atoms with Gasteiger partial charge in [0.1, 0.15) is 5.82 Å². The van der Waals surface area contributed by atoms with E-state index in [0.29, 0.717) is 0 Å². The number of nitrogens with two attached hydrogens (primary N) is 1. The molecule has 2 heterocycles. The number of anilines is 1. The smallest absolute Gasteiger partial charge is 0.140 e. The monoisotopic (exact) mass is 249 g/mol. The molecule has 1 aliphatic rings. The third-order valence-corrected chi connectivity index (χ3v) is 3.74. The predicted molar refractivity (Wildman–Crippen MR) is 74.0 cm³/mol. The van der Waals surface area contributed by atoms with Gasteiger partial charge < -0.3 is 5.43 Å². The number of nitrogens with zero attached hydrogens (tertiary/aromatic N) is 3. The lowest BCUT2D eigenvalue weighted by Crippen LogP contribution is -2.57. The van der Waals surface area contributed by atoms with E-state index >= 15 is 0 Å². The maximum atomic E-state index is 5.38. The van der Waals surface area contributed by atoms with E-state index in [-0.39, 0.29) is 5.54 Å². The van der Waals surface area contributed by atoms with Crippen LogP contribution in [-0.4, -0.2) is 47.0 Å². The van der Waals surface area contributed by atoms with Gasteiger partial charge in [-0.1, -0.05) is 6.07 Å². The molecule has 5 heteroatoms. The molecule has 1 aromatic heterocycles. The van der Waals surface area contributed by atoms with E-state index in [4.69, 9.17) is 5.84 Å². The van der Waals surface area contributed by atoms with Crippen LogP contribution in [0.5, 0.6) is 0 Å². The van der Waals surface area contributed by atoms with Crippen LogP contribution in [0.25, 0.3) is 0 Å². The lowest BCUT2D eigenvalue weighted by molar-refractivity contribution is 0.0354. The fraction of sp³-hybridized carbons (Fsp3) is 0.615. The van der Waals surface area contributed by atoms with E-state index in [9.17, 15) is 0 Å². The molecule has 0 unspecified atom stereocenters. The Kier molecular flexibility index (Phi) is 3.85. The number of nitrogens with one attached hydrogen (secondary N) is 1. The third-order valence-electron chi connectivity index (χ3n) is 3.74. The number of aromatic nitrogens is 1. The summed E-state index contributed by atoms with van der Waals surface area (Å²) < 4.78 is 0. The minimum absolute atomic E-state index is 0.224. The Morgan fingerprint density at radius 1 is 1.39 bits per heavy atom. The van der Waals surface area contributed by atoms with Gasteiger partial charge in [0.05, 0.1) is 5.69 Å². The van der Waals surface area contributed by atoms with Crippen LogP contribution in [0.15, 0.2) is 18.2 Å². The number of nitrogen functional groups attached to an aromatic ring is 1. The van der Waals surface area contributed by atoms with Crippen LogP contribution >= 0.6 is 0 Å². The Morgan fingerprint density at radius 3 is 2.83 bits per heavy atom. The molecular formula is C13H23N5. The third kappa shape index (κ3) is 2.98. The van der Waals surface area contributed by atoms with Crippen molar-refractivity contribution >= 4 is 5.82 Å². The average molecular weight is 249 g/mol. The van der Waals surface area contributed by atoms with Crippen molar-refractivity contribution in [3.8, 4) is 0 Å². The summed E-state index contributed by atoms with van der Waals surface area (Å²) in [4.78, 5) is 9.32. The van der Waals surface area contributed by atoms with Crippen LogP contribution in [0.3, 0.4) is 0 Å². The zero-order valence-corrected chi connectivity index (χ0v) is 11.5. The van der Waals surface area contributed by atoms with Crippen molar-refractivity contribution in [1.82, 2.24) is 14.8 Å². The molecule has 0 saturated carbocycles. The second kappa shape index (κ2) is 5.22. The molecular weight excluding hydrogens is 226 g/mol. The van der Waals surface area contributed by atoms with Gasteiger partial charge in [-0.15, -0.1) is 0 Å². The number of hydrogen-bond donors (Lipinski definition) is 2. The Bertz CT molecular complexity index is 404. The van der Waals surface area contributed by atoms with Crippen molar-refractivity contribution in [3.05, 3.63) is 23.9 Å². The molecule has 1 aromatic rings. The average Bonchev–Trinajstić information content (AvgIpc) is 2.34. The molecule has 2 rings (SSSR count). The molecule has 1 aliphatic heterocycles. The minimum Gasteiger partial charge on any atom is -0.308 e. The molecule has 100 valence electrons. The summed E-state index contributed by atoms with van der Waals surface area (Å²) >= 11 is 0.